The lowest BCUT2D eigenvalue weighted by atomic mass is 9.98. The van der Waals surface area contributed by atoms with Crippen molar-refractivity contribution in [2.75, 3.05) is 0 Å². The molecule has 0 aliphatic heterocycles. The molecule has 2 aromatic carbocycles. The van der Waals surface area contributed by atoms with E-state index < -0.39 is 0 Å². The average molecular weight is 251 g/mol. The molecule has 0 fully saturated rings. The van der Waals surface area contributed by atoms with Crippen LogP contribution in [0.2, 0.25) is 0 Å². The SMILES string of the molecule is O=[N+]([O-])c1ccc(-c2cccc3c2=CCCC=3)cc1. The highest BCUT2D eigenvalue weighted by Gasteiger charge is 2.07. The molecule has 0 amide bonds. The molecule has 94 valence electrons. The molecule has 0 saturated heterocycles. The third-order valence-electron chi connectivity index (χ3n) is 3.41. The smallest absolute Gasteiger partial charge is 0.258 e. The van der Waals surface area contributed by atoms with Crippen LogP contribution >= 0.6 is 0 Å². The van der Waals surface area contributed by atoms with Gasteiger partial charge in [0, 0.05) is 12.1 Å². The van der Waals surface area contributed by atoms with Gasteiger partial charge in [-0.25, -0.2) is 0 Å². The van der Waals surface area contributed by atoms with E-state index in [0.717, 1.165) is 24.0 Å². The van der Waals surface area contributed by atoms with Crippen LogP contribution in [0.4, 0.5) is 5.69 Å². The molecule has 0 saturated carbocycles. The first-order valence-corrected chi connectivity index (χ1v) is 6.30. The molecular formula is C16H13NO2. The number of rotatable bonds is 2. The molecule has 19 heavy (non-hydrogen) atoms. The largest absolute Gasteiger partial charge is 0.269 e. The van der Waals surface area contributed by atoms with E-state index in [1.165, 1.54) is 10.4 Å². The molecule has 0 N–H and O–H groups in total. The van der Waals surface area contributed by atoms with Crippen LogP contribution in [0.1, 0.15) is 12.8 Å². The summed E-state index contributed by atoms with van der Waals surface area (Å²) in [6.45, 7) is 0. The maximum absolute atomic E-state index is 10.7. The Hall–Kier alpha value is -2.42. The second-order valence-electron chi connectivity index (χ2n) is 4.60. The molecule has 0 aromatic heterocycles. The summed E-state index contributed by atoms with van der Waals surface area (Å²) in [5.41, 5.74) is 2.29. The Morgan fingerprint density at radius 1 is 0.947 bits per heavy atom. The zero-order valence-electron chi connectivity index (χ0n) is 10.4. The van der Waals surface area contributed by atoms with Gasteiger partial charge in [0.1, 0.15) is 0 Å². The van der Waals surface area contributed by atoms with Gasteiger partial charge in [-0.1, -0.05) is 30.4 Å². The number of non-ortho nitro benzene ring substituents is 1. The van der Waals surface area contributed by atoms with Gasteiger partial charge in [0.25, 0.3) is 5.69 Å². The lowest BCUT2D eigenvalue weighted by Gasteiger charge is -2.07. The summed E-state index contributed by atoms with van der Waals surface area (Å²) in [7, 11) is 0. The first-order valence-electron chi connectivity index (χ1n) is 6.30. The average Bonchev–Trinajstić information content (AvgIpc) is 2.47. The number of hydrogen-bond donors (Lipinski definition) is 0. The molecule has 2 aromatic rings. The molecule has 3 heteroatoms. The summed E-state index contributed by atoms with van der Waals surface area (Å²) in [5, 5.41) is 13.2. The standard InChI is InChI=1S/C16H13NO2/c18-17(19)14-10-8-13(9-11-14)16-7-3-5-12-4-1-2-6-15(12)16/h3-11H,1-2H2. The minimum absolute atomic E-state index is 0.129. The minimum Gasteiger partial charge on any atom is -0.258 e. The fourth-order valence-corrected chi connectivity index (χ4v) is 2.47. The monoisotopic (exact) mass is 251 g/mol. The van der Waals surface area contributed by atoms with Crippen molar-refractivity contribution in [2.45, 2.75) is 12.8 Å². The predicted molar refractivity (Wildman–Crippen MR) is 75.9 cm³/mol. The highest BCUT2D eigenvalue weighted by atomic mass is 16.6. The highest BCUT2D eigenvalue weighted by Crippen LogP contribution is 2.19. The van der Waals surface area contributed by atoms with Crippen molar-refractivity contribution in [1.82, 2.24) is 0 Å². The van der Waals surface area contributed by atoms with Crippen LogP contribution in [0, 0.1) is 10.1 Å². The van der Waals surface area contributed by atoms with Gasteiger partial charge in [0.2, 0.25) is 0 Å². The quantitative estimate of drug-likeness (QED) is 0.608. The third-order valence-corrected chi connectivity index (χ3v) is 3.41. The van der Waals surface area contributed by atoms with E-state index in [9.17, 15) is 10.1 Å². The van der Waals surface area contributed by atoms with Gasteiger partial charge in [-0.2, -0.15) is 0 Å². The first-order chi connectivity index (χ1) is 9.25. The fourth-order valence-electron chi connectivity index (χ4n) is 2.47. The van der Waals surface area contributed by atoms with Gasteiger partial charge >= 0.3 is 0 Å². The van der Waals surface area contributed by atoms with Gasteiger partial charge in [-0.05, 0) is 46.5 Å². The van der Waals surface area contributed by atoms with Gasteiger partial charge in [0.05, 0.1) is 4.92 Å². The molecule has 1 aliphatic carbocycles. The molecule has 0 heterocycles. The van der Waals surface area contributed by atoms with Gasteiger partial charge in [-0.3, -0.25) is 10.1 Å². The van der Waals surface area contributed by atoms with Crippen molar-refractivity contribution >= 4 is 17.8 Å². The van der Waals surface area contributed by atoms with Crippen molar-refractivity contribution in [2.24, 2.45) is 0 Å². The van der Waals surface area contributed by atoms with Gasteiger partial charge in [0.15, 0.2) is 0 Å². The Balaban J connectivity index is 2.16. The molecule has 1 aliphatic rings. The topological polar surface area (TPSA) is 43.1 Å². The van der Waals surface area contributed by atoms with E-state index in [1.807, 2.05) is 18.2 Å². The zero-order chi connectivity index (χ0) is 13.2. The van der Waals surface area contributed by atoms with Crippen molar-refractivity contribution in [3.63, 3.8) is 0 Å². The molecule has 0 radical (unpaired) electrons. The number of nitro benzene ring substituents is 1. The van der Waals surface area contributed by atoms with E-state index in [0.29, 0.717) is 0 Å². The first kappa shape index (κ1) is 11.7. The summed E-state index contributed by atoms with van der Waals surface area (Å²) < 4.78 is 0. The number of nitrogens with zero attached hydrogens (tertiary/aromatic N) is 1. The van der Waals surface area contributed by atoms with Crippen LogP contribution in [-0.4, -0.2) is 4.92 Å². The number of nitro groups is 1. The second-order valence-corrected chi connectivity index (χ2v) is 4.60. The van der Waals surface area contributed by atoms with E-state index in [2.05, 4.69) is 24.3 Å². The van der Waals surface area contributed by atoms with Crippen molar-refractivity contribution in [3.05, 3.63) is 63.0 Å². The molecular weight excluding hydrogens is 238 g/mol. The van der Waals surface area contributed by atoms with E-state index in [-0.39, 0.29) is 10.6 Å². The van der Waals surface area contributed by atoms with Crippen molar-refractivity contribution < 1.29 is 4.92 Å². The Bertz CT molecular complexity index is 745. The van der Waals surface area contributed by atoms with E-state index in [4.69, 9.17) is 0 Å². The van der Waals surface area contributed by atoms with Crippen LogP contribution in [0.25, 0.3) is 23.3 Å². The second kappa shape index (κ2) is 4.69. The summed E-state index contributed by atoms with van der Waals surface area (Å²) in [5.74, 6) is 0. The summed E-state index contributed by atoms with van der Waals surface area (Å²) >= 11 is 0. The Morgan fingerprint density at radius 2 is 1.68 bits per heavy atom. The summed E-state index contributed by atoms with van der Waals surface area (Å²) in [6.07, 6.45) is 6.62. The predicted octanol–water partition coefficient (Wildman–Crippen LogP) is 2.62. The number of hydrogen-bond acceptors (Lipinski definition) is 2. The minimum atomic E-state index is -0.371. The van der Waals surface area contributed by atoms with Crippen molar-refractivity contribution in [1.29, 1.82) is 0 Å². The molecule has 3 nitrogen and oxygen atoms in total. The maximum atomic E-state index is 10.7. The molecule has 0 spiro atoms. The lowest BCUT2D eigenvalue weighted by Crippen LogP contribution is -2.28. The Morgan fingerprint density at radius 3 is 2.42 bits per heavy atom. The zero-order valence-corrected chi connectivity index (χ0v) is 10.4. The summed E-state index contributed by atoms with van der Waals surface area (Å²) in [6, 6.07) is 13.0. The van der Waals surface area contributed by atoms with Crippen LogP contribution in [-0.2, 0) is 0 Å². The van der Waals surface area contributed by atoms with Crippen molar-refractivity contribution in [3.8, 4) is 11.1 Å². The normalized spacial score (nSPS) is 13.1. The van der Waals surface area contributed by atoms with Crippen LogP contribution < -0.4 is 10.4 Å². The van der Waals surface area contributed by atoms with Crippen LogP contribution in [0.15, 0.2) is 42.5 Å². The molecule has 0 bridgehead atoms. The van der Waals surface area contributed by atoms with Gasteiger partial charge in [-0.15, -0.1) is 0 Å². The Kier molecular flexibility index (Phi) is 2.88. The molecule has 0 atom stereocenters. The maximum Gasteiger partial charge on any atom is 0.269 e. The highest BCUT2D eigenvalue weighted by molar-refractivity contribution is 5.67. The number of benzene rings is 2. The summed E-state index contributed by atoms with van der Waals surface area (Å²) in [4.78, 5) is 10.3. The lowest BCUT2D eigenvalue weighted by molar-refractivity contribution is -0.384. The van der Waals surface area contributed by atoms with Gasteiger partial charge < -0.3 is 0 Å². The van der Waals surface area contributed by atoms with E-state index >= 15 is 0 Å². The molecule has 3 rings (SSSR count). The third kappa shape index (κ3) is 2.15. The number of fused-ring (bicyclic) bond motifs is 1. The van der Waals surface area contributed by atoms with E-state index in [1.54, 1.807) is 12.1 Å². The van der Waals surface area contributed by atoms with Crippen LogP contribution in [0.5, 0.6) is 0 Å². The Labute approximate surface area is 110 Å². The van der Waals surface area contributed by atoms with Crippen LogP contribution in [0.3, 0.4) is 0 Å². The fraction of sp³-hybridized carbons (Fsp3) is 0.125. The molecule has 0 unspecified atom stereocenters.